The van der Waals surface area contributed by atoms with E-state index in [1.165, 1.54) is 38.5 Å². The molecule has 72 valence electrons. The average molecular weight is 181 g/mol. The van der Waals surface area contributed by atoms with Crippen molar-refractivity contribution >= 4 is 0 Å². The van der Waals surface area contributed by atoms with Crippen molar-refractivity contribution < 1.29 is 0 Å². The summed E-state index contributed by atoms with van der Waals surface area (Å²) in [6, 6.07) is 0. The second-order valence-corrected chi connectivity index (χ2v) is 3.75. The normalized spacial score (nSPS) is 20.0. The maximum absolute atomic E-state index is 10.8. The molecular formula is C9H15N3O. The zero-order chi connectivity index (χ0) is 9.10. The zero-order valence-electron chi connectivity index (χ0n) is 7.68. The highest BCUT2D eigenvalue weighted by Crippen LogP contribution is 2.28. The second-order valence-electron chi connectivity index (χ2n) is 3.75. The fourth-order valence-electron chi connectivity index (χ4n) is 2.03. The van der Waals surface area contributed by atoms with E-state index in [2.05, 4.69) is 15.2 Å². The lowest BCUT2D eigenvalue weighted by atomic mass is 10.00. The van der Waals surface area contributed by atoms with Gasteiger partial charge < -0.3 is 0 Å². The van der Waals surface area contributed by atoms with Gasteiger partial charge in [-0.1, -0.05) is 25.7 Å². The predicted octanol–water partition coefficient (Wildman–Crippen LogP) is 1.54. The molecule has 0 spiro atoms. The smallest absolute Gasteiger partial charge is 0.293 e. The van der Waals surface area contributed by atoms with E-state index in [0.29, 0.717) is 5.92 Å². The Kier molecular flexibility index (Phi) is 2.47. The molecule has 1 fully saturated rings. The van der Waals surface area contributed by atoms with E-state index in [1.807, 2.05) is 0 Å². The summed E-state index contributed by atoms with van der Waals surface area (Å²) < 4.78 is 0. The van der Waals surface area contributed by atoms with Crippen LogP contribution in [0.15, 0.2) is 4.79 Å². The molecule has 0 radical (unpaired) electrons. The van der Waals surface area contributed by atoms with Gasteiger partial charge in [-0.25, -0.2) is 9.89 Å². The SMILES string of the molecule is O=c1[nH]nc(C2CCCCCC2)[nH]1. The van der Waals surface area contributed by atoms with Crippen molar-refractivity contribution in [1.82, 2.24) is 15.2 Å². The number of rotatable bonds is 1. The largest absolute Gasteiger partial charge is 0.340 e. The third kappa shape index (κ3) is 1.99. The predicted molar refractivity (Wildman–Crippen MR) is 49.7 cm³/mol. The van der Waals surface area contributed by atoms with Crippen LogP contribution in [0.4, 0.5) is 0 Å². The average Bonchev–Trinajstić information content (AvgIpc) is 2.43. The summed E-state index contributed by atoms with van der Waals surface area (Å²) in [7, 11) is 0. The van der Waals surface area contributed by atoms with Crippen LogP contribution in [0.25, 0.3) is 0 Å². The van der Waals surface area contributed by atoms with Crippen LogP contribution < -0.4 is 5.69 Å². The first-order chi connectivity index (χ1) is 6.36. The van der Waals surface area contributed by atoms with E-state index in [-0.39, 0.29) is 5.69 Å². The van der Waals surface area contributed by atoms with E-state index < -0.39 is 0 Å². The third-order valence-electron chi connectivity index (χ3n) is 2.76. The highest BCUT2D eigenvalue weighted by Gasteiger charge is 2.16. The van der Waals surface area contributed by atoms with Gasteiger partial charge in [0.2, 0.25) is 0 Å². The molecule has 1 saturated carbocycles. The Labute approximate surface area is 76.8 Å². The third-order valence-corrected chi connectivity index (χ3v) is 2.76. The molecule has 1 aromatic heterocycles. The Morgan fingerprint density at radius 1 is 1.15 bits per heavy atom. The first-order valence-corrected chi connectivity index (χ1v) is 5.01. The Hall–Kier alpha value is -1.06. The van der Waals surface area contributed by atoms with E-state index in [4.69, 9.17) is 0 Å². The van der Waals surface area contributed by atoms with Crippen molar-refractivity contribution in [1.29, 1.82) is 0 Å². The summed E-state index contributed by atoms with van der Waals surface area (Å²) in [6.45, 7) is 0. The van der Waals surface area contributed by atoms with Gasteiger partial charge in [0.15, 0.2) is 0 Å². The van der Waals surface area contributed by atoms with Crippen LogP contribution in [-0.2, 0) is 0 Å². The van der Waals surface area contributed by atoms with Crippen molar-refractivity contribution in [3.8, 4) is 0 Å². The van der Waals surface area contributed by atoms with Gasteiger partial charge in [-0.05, 0) is 12.8 Å². The van der Waals surface area contributed by atoms with Gasteiger partial charge in [0.1, 0.15) is 5.82 Å². The Morgan fingerprint density at radius 2 is 1.85 bits per heavy atom. The molecule has 0 saturated heterocycles. The number of nitrogens with zero attached hydrogens (tertiary/aromatic N) is 1. The highest BCUT2D eigenvalue weighted by molar-refractivity contribution is 4.93. The molecule has 1 aliphatic rings. The lowest BCUT2D eigenvalue weighted by Crippen LogP contribution is -2.04. The van der Waals surface area contributed by atoms with Crippen LogP contribution >= 0.6 is 0 Å². The van der Waals surface area contributed by atoms with Crippen molar-refractivity contribution in [3.05, 3.63) is 16.3 Å². The summed E-state index contributed by atoms with van der Waals surface area (Å²) in [5, 5.41) is 6.41. The number of H-pyrrole nitrogens is 2. The summed E-state index contributed by atoms with van der Waals surface area (Å²) >= 11 is 0. The van der Waals surface area contributed by atoms with Gasteiger partial charge in [-0.15, -0.1) is 0 Å². The summed E-state index contributed by atoms with van der Waals surface area (Å²) in [6.07, 6.45) is 7.51. The van der Waals surface area contributed by atoms with E-state index in [9.17, 15) is 4.79 Å². The molecule has 0 atom stereocenters. The van der Waals surface area contributed by atoms with Gasteiger partial charge in [0, 0.05) is 5.92 Å². The minimum atomic E-state index is -0.181. The fourth-order valence-corrected chi connectivity index (χ4v) is 2.03. The summed E-state index contributed by atoms with van der Waals surface area (Å²) in [5.41, 5.74) is -0.181. The van der Waals surface area contributed by atoms with Crippen LogP contribution in [-0.4, -0.2) is 15.2 Å². The van der Waals surface area contributed by atoms with Crippen LogP contribution in [0.1, 0.15) is 50.3 Å². The van der Waals surface area contributed by atoms with Gasteiger partial charge in [0.25, 0.3) is 0 Å². The Bertz CT molecular complexity index is 307. The molecule has 2 N–H and O–H groups in total. The number of hydrogen-bond donors (Lipinski definition) is 2. The van der Waals surface area contributed by atoms with Crippen molar-refractivity contribution in [2.24, 2.45) is 0 Å². The van der Waals surface area contributed by atoms with Gasteiger partial charge in [-0.2, -0.15) is 5.10 Å². The molecule has 2 rings (SSSR count). The quantitative estimate of drug-likeness (QED) is 0.645. The lowest BCUT2D eigenvalue weighted by Gasteiger charge is -2.08. The van der Waals surface area contributed by atoms with E-state index in [0.717, 1.165) is 5.82 Å². The topological polar surface area (TPSA) is 61.5 Å². The molecule has 0 amide bonds. The Morgan fingerprint density at radius 3 is 2.38 bits per heavy atom. The molecule has 4 nitrogen and oxygen atoms in total. The van der Waals surface area contributed by atoms with E-state index in [1.54, 1.807) is 0 Å². The first kappa shape index (κ1) is 8.53. The number of aromatic nitrogens is 3. The van der Waals surface area contributed by atoms with Crippen molar-refractivity contribution in [2.45, 2.75) is 44.4 Å². The molecule has 1 aliphatic carbocycles. The standard InChI is InChI=1S/C9H15N3O/c13-9-10-8(11-12-9)7-5-3-1-2-4-6-7/h7H,1-6H2,(H2,10,11,12,13). The minimum absolute atomic E-state index is 0.181. The van der Waals surface area contributed by atoms with Crippen molar-refractivity contribution in [2.75, 3.05) is 0 Å². The minimum Gasteiger partial charge on any atom is -0.293 e. The molecular weight excluding hydrogens is 166 g/mol. The molecule has 0 aliphatic heterocycles. The first-order valence-electron chi connectivity index (χ1n) is 5.01. The number of aromatic amines is 2. The van der Waals surface area contributed by atoms with Crippen LogP contribution in [0, 0.1) is 0 Å². The monoisotopic (exact) mass is 181 g/mol. The molecule has 4 heteroatoms. The molecule has 0 bridgehead atoms. The number of hydrogen-bond acceptors (Lipinski definition) is 2. The number of nitrogens with one attached hydrogen (secondary N) is 2. The fraction of sp³-hybridized carbons (Fsp3) is 0.778. The highest BCUT2D eigenvalue weighted by atomic mass is 16.1. The summed E-state index contributed by atoms with van der Waals surface area (Å²) in [5.74, 6) is 1.33. The second kappa shape index (κ2) is 3.77. The Balaban J connectivity index is 2.10. The van der Waals surface area contributed by atoms with Gasteiger partial charge in [-0.3, -0.25) is 4.98 Å². The van der Waals surface area contributed by atoms with Crippen molar-refractivity contribution in [3.63, 3.8) is 0 Å². The lowest BCUT2D eigenvalue weighted by molar-refractivity contribution is 0.562. The van der Waals surface area contributed by atoms with Crippen LogP contribution in [0.3, 0.4) is 0 Å². The van der Waals surface area contributed by atoms with Gasteiger partial charge in [0.05, 0.1) is 0 Å². The molecule has 13 heavy (non-hydrogen) atoms. The maximum Gasteiger partial charge on any atom is 0.340 e. The molecule has 1 heterocycles. The molecule has 0 aromatic carbocycles. The summed E-state index contributed by atoms with van der Waals surface area (Å²) in [4.78, 5) is 13.6. The molecule has 0 unspecified atom stereocenters. The van der Waals surface area contributed by atoms with Crippen LogP contribution in [0.2, 0.25) is 0 Å². The van der Waals surface area contributed by atoms with Gasteiger partial charge >= 0.3 is 5.69 Å². The van der Waals surface area contributed by atoms with E-state index >= 15 is 0 Å². The zero-order valence-corrected chi connectivity index (χ0v) is 7.68. The maximum atomic E-state index is 10.8. The molecule has 1 aromatic rings. The van der Waals surface area contributed by atoms with Crippen LogP contribution in [0.5, 0.6) is 0 Å².